The molecule has 0 aromatic carbocycles. The minimum Gasteiger partial charge on any atom is -0.466 e. The van der Waals surface area contributed by atoms with Crippen LogP contribution in [0, 0.1) is 5.92 Å². The Morgan fingerprint density at radius 1 is 1.67 bits per heavy atom. The molecular weight excluding hydrogens is 156 g/mol. The van der Waals surface area contributed by atoms with Crippen molar-refractivity contribution in [2.75, 3.05) is 6.61 Å². The number of ketones is 1. The number of carbonyl (C=O) groups is 2. The first-order chi connectivity index (χ1) is 5.72. The molecule has 1 aliphatic rings. The smallest absolute Gasteiger partial charge is 0.306 e. The van der Waals surface area contributed by atoms with Crippen LogP contribution in [0.3, 0.4) is 0 Å². The molecule has 0 radical (unpaired) electrons. The number of Topliss-reactive ketones (excluding diaryl/α,β-unsaturated/α-hetero) is 1. The first kappa shape index (κ1) is 9.23. The Morgan fingerprint density at radius 2 is 2.42 bits per heavy atom. The van der Waals surface area contributed by atoms with Gasteiger partial charge in [0, 0.05) is 19.3 Å². The molecule has 0 spiro atoms. The first-order valence-electron chi connectivity index (χ1n) is 4.39. The highest BCUT2D eigenvalue weighted by Crippen LogP contribution is 2.25. The van der Waals surface area contributed by atoms with Crippen LogP contribution in [0.5, 0.6) is 0 Å². The zero-order valence-electron chi connectivity index (χ0n) is 7.34. The van der Waals surface area contributed by atoms with Crippen LogP contribution in [0.25, 0.3) is 0 Å². The van der Waals surface area contributed by atoms with E-state index in [1.54, 1.807) is 6.92 Å². The maximum absolute atomic E-state index is 11.0. The molecule has 12 heavy (non-hydrogen) atoms. The lowest BCUT2D eigenvalue weighted by molar-refractivity contribution is -0.144. The summed E-state index contributed by atoms with van der Waals surface area (Å²) in [5.41, 5.74) is 0. The number of hydrogen-bond acceptors (Lipinski definition) is 3. The quantitative estimate of drug-likeness (QED) is 0.600. The van der Waals surface area contributed by atoms with E-state index in [4.69, 9.17) is 4.74 Å². The summed E-state index contributed by atoms with van der Waals surface area (Å²) >= 11 is 0. The van der Waals surface area contributed by atoms with Gasteiger partial charge in [-0.2, -0.15) is 0 Å². The Labute approximate surface area is 72.1 Å². The number of hydrogen-bond donors (Lipinski definition) is 0. The number of esters is 1. The molecule has 0 bridgehead atoms. The highest BCUT2D eigenvalue weighted by Gasteiger charge is 2.24. The van der Waals surface area contributed by atoms with Gasteiger partial charge in [0.1, 0.15) is 5.78 Å². The van der Waals surface area contributed by atoms with Gasteiger partial charge in [0.25, 0.3) is 0 Å². The van der Waals surface area contributed by atoms with Crippen LogP contribution in [0.2, 0.25) is 0 Å². The lowest BCUT2D eigenvalue weighted by Gasteiger charge is -2.05. The second-order valence-electron chi connectivity index (χ2n) is 3.16. The van der Waals surface area contributed by atoms with E-state index < -0.39 is 0 Å². The fourth-order valence-electron chi connectivity index (χ4n) is 1.52. The molecule has 1 aliphatic carbocycles. The Bertz CT molecular complexity index is 186. The molecule has 1 saturated carbocycles. The molecular formula is C9H14O3. The van der Waals surface area contributed by atoms with Crippen LogP contribution in [-0.4, -0.2) is 18.4 Å². The molecule has 0 heterocycles. The van der Waals surface area contributed by atoms with Gasteiger partial charge in [-0.1, -0.05) is 0 Å². The average Bonchev–Trinajstić information content (AvgIpc) is 2.36. The van der Waals surface area contributed by atoms with Crippen LogP contribution in [0.4, 0.5) is 0 Å². The largest absolute Gasteiger partial charge is 0.466 e. The van der Waals surface area contributed by atoms with E-state index in [1.165, 1.54) is 0 Å². The standard InChI is InChI=1S/C9H14O3/c1-2-12-9(11)6-7-3-4-8(10)5-7/h7H,2-6H2,1H3. The lowest BCUT2D eigenvalue weighted by Crippen LogP contribution is -2.09. The zero-order chi connectivity index (χ0) is 8.97. The van der Waals surface area contributed by atoms with E-state index >= 15 is 0 Å². The molecule has 3 heteroatoms. The minimum atomic E-state index is -0.169. The summed E-state index contributed by atoms with van der Waals surface area (Å²) in [7, 11) is 0. The topological polar surface area (TPSA) is 43.4 Å². The average molecular weight is 170 g/mol. The Morgan fingerprint density at radius 3 is 2.92 bits per heavy atom. The van der Waals surface area contributed by atoms with Crippen molar-refractivity contribution in [2.24, 2.45) is 5.92 Å². The molecule has 0 aromatic heterocycles. The molecule has 1 fully saturated rings. The van der Waals surface area contributed by atoms with Gasteiger partial charge in [0.2, 0.25) is 0 Å². The van der Waals surface area contributed by atoms with Crippen molar-refractivity contribution in [2.45, 2.75) is 32.6 Å². The third kappa shape index (κ3) is 2.64. The van der Waals surface area contributed by atoms with Crippen molar-refractivity contribution in [3.63, 3.8) is 0 Å². The van der Waals surface area contributed by atoms with Gasteiger partial charge in [0.15, 0.2) is 0 Å². The third-order valence-corrected chi connectivity index (χ3v) is 2.11. The number of carbonyl (C=O) groups excluding carboxylic acids is 2. The normalized spacial score (nSPS) is 22.8. The Hall–Kier alpha value is -0.860. The van der Waals surface area contributed by atoms with Gasteiger partial charge >= 0.3 is 5.97 Å². The third-order valence-electron chi connectivity index (χ3n) is 2.11. The molecule has 1 rings (SSSR count). The van der Waals surface area contributed by atoms with Crippen LogP contribution in [0.1, 0.15) is 32.6 Å². The van der Waals surface area contributed by atoms with E-state index in [9.17, 15) is 9.59 Å². The van der Waals surface area contributed by atoms with E-state index in [-0.39, 0.29) is 17.7 Å². The lowest BCUT2D eigenvalue weighted by atomic mass is 10.0. The number of rotatable bonds is 3. The fourth-order valence-corrected chi connectivity index (χ4v) is 1.52. The van der Waals surface area contributed by atoms with Crippen LogP contribution >= 0.6 is 0 Å². The second-order valence-corrected chi connectivity index (χ2v) is 3.16. The summed E-state index contributed by atoms with van der Waals surface area (Å²) in [4.78, 5) is 21.8. The van der Waals surface area contributed by atoms with Crippen LogP contribution in [-0.2, 0) is 14.3 Å². The molecule has 1 atom stereocenters. The number of ether oxygens (including phenoxy) is 1. The van der Waals surface area contributed by atoms with Crippen molar-refractivity contribution < 1.29 is 14.3 Å². The monoisotopic (exact) mass is 170 g/mol. The maximum atomic E-state index is 11.0. The van der Waals surface area contributed by atoms with Gasteiger partial charge in [-0.15, -0.1) is 0 Å². The SMILES string of the molecule is CCOC(=O)CC1CCC(=O)C1. The van der Waals surface area contributed by atoms with E-state index in [1.807, 2.05) is 0 Å². The highest BCUT2D eigenvalue weighted by molar-refractivity contribution is 5.81. The molecule has 3 nitrogen and oxygen atoms in total. The van der Waals surface area contributed by atoms with Crippen molar-refractivity contribution in [3.05, 3.63) is 0 Å². The van der Waals surface area contributed by atoms with Gasteiger partial charge in [-0.25, -0.2) is 0 Å². The van der Waals surface area contributed by atoms with Crippen molar-refractivity contribution in [1.29, 1.82) is 0 Å². The summed E-state index contributed by atoms with van der Waals surface area (Å²) < 4.78 is 4.79. The Kier molecular flexibility index (Phi) is 3.26. The van der Waals surface area contributed by atoms with Crippen molar-refractivity contribution >= 4 is 11.8 Å². The summed E-state index contributed by atoms with van der Waals surface area (Å²) in [6, 6.07) is 0. The van der Waals surface area contributed by atoms with Gasteiger partial charge < -0.3 is 4.74 Å². The highest BCUT2D eigenvalue weighted by atomic mass is 16.5. The van der Waals surface area contributed by atoms with Gasteiger partial charge in [-0.3, -0.25) is 9.59 Å². The summed E-state index contributed by atoms with van der Waals surface area (Å²) in [6.07, 6.45) is 2.49. The summed E-state index contributed by atoms with van der Waals surface area (Å²) in [6.45, 7) is 2.22. The fraction of sp³-hybridized carbons (Fsp3) is 0.778. The van der Waals surface area contributed by atoms with Crippen LogP contribution < -0.4 is 0 Å². The molecule has 0 aromatic rings. The van der Waals surface area contributed by atoms with Crippen molar-refractivity contribution in [1.82, 2.24) is 0 Å². The molecule has 0 aliphatic heterocycles. The first-order valence-corrected chi connectivity index (χ1v) is 4.39. The van der Waals surface area contributed by atoms with Gasteiger partial charge in [0.05, 0.1) is 6.61 Å². The van der Waals surface area contributed by atoms with E-state index in [0.717, 1.165) is 6.42 Å². The summed E-state index contributed by atoms with van der Waals surface area (Å²) in [5, 5.41) is 0. The second kappa shape index (κ2) is 4.24. The maximum Gasteiger partial charge on any atom is 0.306 e. The Balaban J connectivity index is 2.23. The molecule has 68 valence electrons. The van der Waals surface area contributed by atoms with Crippen LogP contribution in [0.15, 0.2) is 0 Å². The van der Waals surface area contributed by atoms with E-state index in [0.29, 0.717) is 25.9 Å². The molecule has 0 N–H and O–H groups in total. The van der Waals surface area contributed by atoms with E-state index in [2.05, 4.69) is 0 Å². The predicted molar refractivity (Wildman–Crippen MR) is 43.6 cm³/mol. The predicted octanol–water partition coefficient (Wildman–Crippen LogP) is 1.31. The van der Waals surface area contributed by atoms with Crippen molar-refractivity contribution in [3.8, 4) is 0 Å². The molecule has 0 saturated heterocycles. The van der Waals surface area contributed by atoms with Gasteiger partial charge in [-0.05, 0) is 19.3 Å². The molecule has 1 unspecified atom stereocenters. The minimum absolute atomic E-state index is 0.169. The zero-order valence-corrected chi connectivity index (χ0v) is 7.34. The summed E-state index contributed by atoms with van der Waals surface area (Å²) in [5.74, 6) is 0.359. The molecule has 0 amide bonds.